The summed E-state index contributed by atoms with van der Waals surface area (Å²) >= 11 is 0. The minimum Gasteiger partial charge on any atom is -0.475 e. The number of aliphatic imine (C=N–C) groups is 1. The lowest BCUT2D eigenvalue weighted by Crippen LogP contribution is -2.17. The Labute approximate surface area is 110 Å². The maximum absolute atomic E-state index is 5.78. The SMILES string of the molecule is CCCCc1c(C)cccc1C1=NC(C)(C)CO1. The minimum absolute atomic E-state index is 0.0822. The second-order valence-electron chi connectivity index (χ2n) is 5.72. The summed E-state index contributed by atoms with van der Waals surface area (Å²) in [4.78, 5) is 4.69. The van der Waals surface area contributed by atoms with Gasteiger partial charge in [-0.15, -0.1) is 0 Å². The van der Waals surface area contributed by atoms with Crippen molar-refractivity contribution >= 4 is 5.90 Å². The lowest BCUT2D eigenvalue weighted by molar-refractivity contribution is 0.279. The molecular formula is C16H23NO. The maximum Gasteiger partial charge on any atom is 0.217 e. The van der Waals surface area contributed by atoms with Crippen LogP contribution in [-0.2, 0) is 11.2 Å². The molecular weight excluding hydrogens is 222 g/mol. The Balaban J connectivity index is 2.36. The highest BCUT2D eigenvalue weighted by Crippen LogP contribution is 2.25. The van der Waals surface area contributed by atoms with E-state index >= 15 is 0 Å². The van der Waals surface area contributed by atoms with Crippen LogP contribution in [0.5, 0.6) is 0 Å². The van der Waals surface area contributed by atoms with E-state index in [2.05, 4.69) is 45.9 Å². The van der Waals surface area contributed by atoms with Gasteiger partial charge in [-0.3, -0.25) is 0 Å². The highest BCUT2D eigenvalue weighted by Gasteiger charge is 2.28. The smallest absolute Gasteiger partial charge is 0.217 e. The lowest BCUT2D eigenvalue weighted by atomic mass is 9.97. The molecule has 98 valence electrons. The van der Waals surface area contributed by atoms with Crippen molar-refractivity contribution in [3.63, 3.8) is 0 Å². The number of aryl methyl sites for hydroxylation is 1. The van der Waals surface area contributed by atoms with Crippen LogP contribution in [0.4, 0.5) is 0 Å². The zero-order valence-corrected chi connectivity index (χ0v) is 11.9. The molecule has 0 N–H and O–H groups in total. The molecule has 0 amide bonds. The van der Waals surface area contributed by atoms with Crippen molar-refractivity contribution in [2.45, 2.75) is 52.5 Å². The highest BCUT2D eigenvalue weighted by atomic mass is 16.5. The molecule has 1 aromatic carbocycles. The highest BCUT2D eigenvalue weighted by molar-refractivity contribution is 5.97. The summed E-state index contributed by atoms with van der Waals surface area (Å²) in [5.74, 6) is 0.829. The van der Waals surface area contributed by atoms with Crippen LogP contribution in [0.1, 0.15) is 50.3 Å². The standard InChI is InChI=1S/C16H23NO/c1-5-6-9-13-12(2)8-7-10-14(13)15-17-16(3,4)11-18-15/h7-8,10H,5-6,9,11H2,1-4H3. The largest absolute Gasteiger partial charge is 0.475 e. The summed E-state index contributed by atoms with van der Waals surface area (Å²) in [5, 5.41) is 0. The third kappa shape index (κ3) is 2.74. The topological polar surface area (TPSA) is 21.6 Å². The van der Waals surface area contributed by atoms with Crippen LogP contribution in [0, 0.1) is 6.92 Å². The number of benzene rings is 1. The van der Waals surface area contributed by atoms with Crippen molar-refractivity contribution < 1.29 is 4.74 Å². The molecule has 0 bridgehead atoms. The van der Waals surface area contributed by atoms with Crippen molar-refractivity contribution in [3.05, 3.63) is 34.9 Å². The van der Waals surface area contributed by atoms with Gasteiger partial charge < -0.3 is 4.74 Å². The number of hydrogen-bond donors (Lipinski definition) is 0. The summed E-state index contributed by atoms with van der Waals surface area (Å²) in [7, 11) is 0. The lowest BCUT2D eigenvalue weighted by Gasteiger charge is -2.11. The second-order valence-corrected chi connectivity index (χ2v) is 5.72. The van der Waals surface area contributed by atoms with Crippen LogP contribution in [0.3, 0.4) is 0 Å². The predicted octanol–water partition coefficient (Wildman–Crippen LogP) is 3.89. The van der Waals surface area contributed by atoms with Gasteiger partial charge in [-0.2, -0.15) is 0 Å². The minimum atomic E-state index is -0.0822. The Kier molecular flexibility index (Phi) is 3.74. The van der Waals surface area contributed by atoms with Gasteiger partial charge in [0, 0.05) is 5.56 Å². The normalized spacial score (nSPS) is 17.4. The molecule has 0 spiro atoms. The predicted molar refractivity (Wildman–Crippen MR) is 76.4 cm³/mol. The first-order chi connectivity index (χ1) is 8.53. The molecule has 1 aliphatic rings. The van der Waals surface area contributed by atoms with Gasteiger partial charge in [0.05, 0.1) is 5.54 Å². The third-order valence-corrected chi connectivity index (χ3v) is 3.39. The zero-order chi connectivity index (χ0) is 13.2. The summed E-state index contributed by atoms with van der Waals surface area (Å²) in [5.41, 5.74) is 3.85. The van der Waals surface area contributed by atoms with E-state index < -0.39 is 0 Å². The van der Waals surface area contributed by atoms with Crippen LogP contribution in [-0.4, -0.2) is 18.0 Å². The fourth-order valence-electron chi connectivity index (χ4n) is 2.31. The molecule has 1 heterocycles. The molecule has 1 aliphatic heterocycles. The molecule has 0 aliphatic carbocycles. The number of nitrogens with zero attached hydrogens (tertiary/aromatic N) is 1. The summed E-state index contributed by atoms with van der Waals surface area (Å²) in [6.07, 6.45) is 3.54. The Bertz CT molecular complexity index is 460. The van der Waals surface area contributed by atoms with E-state index in [1.54, 1.807) is 0 Å². The quantitative estimate of drug-likeness (QED) is 0.788. The number of rotatable bonds is 4. The van der Waals surface area contributed by atoms with E-state index in [1.165, 1.54) is 29.5 Å². The fourth-order valence-corrected chi connectivity index (χ4v) is 2.31. The van der Waals surface area contributed by atoms with Crippen LogP contribution in [0.15, 0.2) is 23.2 Å². The Morgan fingerprint density at radius 1 is 1.33 bits per heavy atom. The summed E-state index contributed by atoms with van der Waals surface area (Å²) in [6.45, 7) is 9.31. The van der Waals surface area contributed by atoms with E-state index in [9.17, 15) is 0 Å². The second kappa shape index (κ2) is 5.13. The summed E-state index contributed by atoms with van der Waals surface area (Å²) < 4.78 is 5.78. The van der Waals surface area contributed by atoms with Gasteiger partial charge in [0.1, 0.15) is 6.61 Å². The van der Waals surface area contributed by atoms with Gasteiger partial charge in [-0.1, -0.05) is 25.5 Å². The van der Waals surface area contributed by atoms with Crippen molar-refractivity contribution in [2.24, 2.45) is 4.99 Å². The molecule has 2 heteroatoms. The average Bonchev–Trinajstić information content (AvgIpc) is 2.68. The first-order valence-electron chi connectivity index (χ1n) is 6.85. The molecule has 0 saturated heterocycles. The van der Waals surface area contributed by atoms with E-state index in [1.807, 2.05) is 0 Å². The van der Waals surface area contributed by atoms with E-state index in [0.29, 0.717) is 6.61 Å². The fraction of sp³-hybridized carbons (Fsp3) is 0.562. The Hall–Kier alpha value is -1.31. The number of ether oxygens (including phenoxy) is 1. The van der Waals surface area contributed by atoms with Crippen molar-refractivity contribution in [1.29, 1.82) is 0 Å². The van der Waals surface area contributed by atoms with Gasteiger partial charge in [0.2, 0.25) is 5.90 Å². The van der Waals surface area contributed by atoms with Crippen LogP contribution in [0.25, 0.3) is 0 Å². The molecule has 1 aromatic rings. The summed E-state index contributed by atoms with van der Waals surface area (Å²) in [6, 6.07) is 6.41. The molecule has 0 unspecified atom stereocenters. The first-order valence-corrected chi connectivity index (χ1v) is 6.85. The first kappa shape index (κ1) is 13.1. The van der Waals surface area contributed by atoms with Crippen molar-refractivity contribution in [2.75, 3.05) is 6.61 Å². The maximum atomic E-state index is 5.78. The molecule has 18 heavy (non-hydrogen) atoms. The van der Waals surface area contributed by atoms with Crippen LogP contribution in [0.2, 0.25) is 0 Å². The van der Waals surface area contributed by atoms with Gasteiger partial charge >= 0.3 is 0 Å². The molecule has 0 saturated carbocycles. The van der Waals surface area contributed by atoms with Crippen LogP contribution < -0.4 is 0 Å². The average molecular weight is 245 g/mol. The van der Waals surface area contributed by atoms with Gasteiger partial charge in [-0.25, -0.2) is 4.99 Å². The van der Waals surface area contributed by atoms with E-state index in [4.69, 9.17) is 9.73 Å². The monoisotopic (exact) mass is 245 g/mol. The van der Waals surface area contributed by atoms with Crippen molar-refractivity contribution in [3.8, 4) is 0 Å². The molecule has 0 atom stereocenters. The molecule has 0 aromatic heterocycles. The molecule has 0 radical (unpaired) electrons. The zero-order valence-electron chi connectivity index (χ0n) is 11.9. The number of unbranched alkanes of at least 4 members (excludes halogenated alkanes) is 1. The van der Waals surface area contributed by atoms with Gasteiger partial charge in [0.15, 0.2) is 0 Å². The van der Waals surface area contributed by atoms with Crippen LogP contribution >= 0.6 is 0 Å². The molecule has 0 fully saturated rings. The van der Waals surface area contributed by atoms with E-state index in [0.717, 1.165) is 12.3 Å². The Morgan fingerprint density at radius 2 is 2.11 bits per heavy atom. The Morgan fingerprint density at radius 3 is 2.72 bits per heavy atom. The third-order valence-electron chi connectivity index (χ3n) is 3.39. The van der Waals surface area contributed by atoms with Crippen molar-refractivity contribution in [1.82, 2.24) is 0 Å². The molecule has 2 rings (SSSR count). The van der Waals surface area contributed by atoms with Gasteiger partial charge in [0.25, 0.3) is 0 Å². The van der Waals surface area contributed by atoms with Gasteiger partial charge in [-0.05, 0) is 50.8 Å². The van der Waals surface area contributed by atoms with E-state index in [-0.39, 0.29) is 5.54 Å². The molecule has 2 nitrogen and oxygen atoms in total. The number of hydrogen-bond acceptors (Lipinski definition) is 2.